The van der Waals surface area contributed by atoms with Gasteiger partial charge in [0.05, 0.1) is 11.1 Å². The molecule has 196 valence electrons. The zero-order valence-electron chi connectivity index (χ0n) is 21.6. The quantitative estimate of drug-likeness (QED) is 0.0981. The van der Waals surface area contributed by atoms with Gasteiger partial charge in [0.1, 0.15) is 5.75 Å². The summed E-state index contributed by atoms with van der Waals surface area (Å²) in [6.07, 6.45) is 0. The van der Waals surface area contributed by atoms with E-state index >= 15 is 0 Å². The topological polar surface area (TPSA) is 80.9 Å². The molecular formula is C36H22O4S. The van der Waals surface area contributed by atoms with Gasteiger partial charge in [-0.1, -0.05) is 97.1 Å². The summed E-state index contributed by atoms with van der Waals surface area (Å²) in [6.45, 7) is 0. The van der Waals surface area contributed by atoms with Crippen molar-refractivity contribution in [1.82, 2.24) is 0 Å². The fraction of sp³-hybridized carbons (Fsp3) is 0. The molecule has 0 bridgehead atoms. The Labute approximate surface area is 238 Å². The van der Waals surface area contributed by atoms with Crippen LogP contribution in [-0.4, -0.2) is 20.4 Å². The molecule has 0 aliphatic carbocycles. The van der Waals surface area contributed by atoms with Crippen LogP contribution in [0.2, 0.25) is 0 Å². The van der Waals surface area contributed by atoms with Crippen LogP contribution in [0.25, 0.3) is 74.7 Å². The van der Waals surface area contributed by atoms with Crippen LogP contribution in [0.3, 0.4) is 0 Å². The number of phenols is 4. The molecule has 0 saturated carbocycles. The van der Waals surface area contributed by atoms with Gasteiger partial charge in [0.25, 0.3) is 0 Å². The molecule has 0 fully saturated rings. The van der Waals surface area contributed by atoms with Gasteiger partial charge in [-0.2, -0.15) is 0 Å². The van der Waals surface area contributed by atoms with Gasteiger partial charge < -0.3 is 20.4 Å². The lowest BCUT2D eigenvalue weighted by Gasteiger charge is -2.17. The Kier molecular flexibility index (Phi) is 4.96. The molecule has 1 aromatic heterocycles. The van der Waals surface area contributed by atoms with E-state index in [-0.39, 0.29) is 16.9 Å². The summed E-state index contributed by atoms with van der Waals surface area (Å²) in [4.78, 5) is 0. The van der Waals surface area contributed by atoms with Gasteiger partial charge in [-0.3, -0.25) is 0 Å². The highest BCUT2D eigenvalue weighted by Crippen LogP contribution is 2.57. The first-order valence-electron chi connectivity index (χ1n) is 13.3. The molecule has 7 aromatic carbocycles. The smallest absolute Gasteiger partial charge is 0.201 e. The number of aromatic hydroxyl groups is 4. The fourth-order valence-corrected chi connectivity index (χ4v) is 7.46. The first-order chi connectivity index (χ1) is 20.0. The summed E-state index contributed by atoms with van der Waals surface area (Å²) >= 11 is 1.55. The number of rotatable bonds is 2. The van der Waals surface area contributed by atoms with Crippen LogP contribution >= 0.6 is 11.3 Å². The molecular weight excluding hydrogens is 528 g/mol. The third kappa shape index (κ3) is 3.27. The molecule has 0 radical (unpaired) electrons. The Hall–Kier alpha value is -5.26. The van der Waals surface area contributed by atoms with Crippen molar-refractivity contribution in [2.45, 2.75) is 0 Å². The van der Waals surface area contributed by atoms with E-state index in [2.05, 4.69) is 24.3 Å². The lowest BCUT2D eigenvalue weighted by atomic mass is 9.90. The summed E-state index contributed by atoms with van der Waals surface area (Å²) < 4.78 is 1.94. The van der Waals surface area contributed by atoms with Crippen LogP contribution in [0.5, 0.6) is 23.0 Å². The average molecular weight is 551 g/mol. The molecule has 0 unspecified atom stereocenters. The number of thiophene rings is 1. The van der Waals surface area contributed by atoms with Crippen molar-refractivity contribution < 1.29 is 20.4 Å². The Morgan fingerprint density at radius 2 is 0.927 bits per heavy atom. The number of fused-ring (bicyclic) bond motifs is 9. The van der Waals surface area contributed by atoms with E-state index in [4.69, 9.17) is 0 Å². The standard InChI is InChI=1S/C36H22O4S/c37-32-30(19-16-17-24-22-10-2-1-8-20(22)21-9-3-4-11-23(21)28(24)18-19)33(38)35(40)34(39)31(32)27-14-7-13-26-25-12-5-6-15-29(25)41-36(26)27/h1-18,37-40H. The minimum absolute atomic E-state index is 0.0625. The van der Waals surface area contributed by atoms with Gasteiger partial charge >= 0.3 is 0 Å². The molecule has 4 N–H and O–H groups in total. The second-order valence-electron chi connectivity index (χ2n) is 10.3. The molecule has 1 heterocycles. The highest BCUT2D eigenvalue weighted by atomic mass is 32.1. The predicted octanol–water partition coefficient (Wildman–Crippen LogP) is 9.67. The maximum atomic E-state index is 11.7. The highest BCUT2D eigenvalue weighted by molar-refractivity contribution is 7.26. The van der Waals surface area contributed by atoms with Crippen molar-refractivity contribution in [2.75, 3.05) is 0 Å². The van der Waals surface area contributed by atoms with Crippen molar-refractivity contribution in [3.8, 4) is 45.3 Å². The zero-order valence-corrected chi connectivity index (χ0v) is 22.4. The van der Waals surface area contributed by atoms with Crippen LogP contribution in [-0.2, 0) is 0 Å². The maximum Gasteiger partial charge on any atom is 0.201 e. The van der Waals surface area contributed by atoms with Gasteiger partial charge in [-0.25, -0.2) is 0 Å². The number of hydrogen-bond donors (Lipinski definition) is 4. The molecule has 0 saturated heterocycles. The first-order valence-corrected chi connectivity index (χ1v) is 14.1. The van der Waals surface area contributed by atoms with E-state index < -0.39 is 17.2 Å². The molecule has 0 amide bonds. The molecule has 4 nitrogen and oxygen atoms in total. The van der Waals surface area contributed by atoms with Crippen molar-refractivity contribution in [1.29, 1.82) is 0 Å². The van der Waals surface area contributed by atoms with Crippen LogP contribution in [0.15, 0.2) is 109 Å². The maximum absolute atomic E-state index is 11.7. The van der Waals surface area contributed by atoms with E-state index in [9.17, 15) is 20.4 Å². The van der Waals surface area contributed by atoms with Gasteiger partial charge in [-0.15, -0.1) is 11.3 Å². The number of benzene rings is 7. The van der Waals surface area contributed by atoms with Crippen LogP contribution in [0.4, 0.5) is 0 Å². The molecule has 8 aromatic rings. The Bertz CT molecular complexity index is 2330. The molecule has 8 rings (SSSR count). The van der Waals surface area contributed by atoms with Gasteiger partial charge in [0, 0.05) is 25.7 Å². The Morgan fingerprint density at radius 1 is 0.390 bits per heavy atom. The van der Waals surface area contributed by atoms with Crippen LogP contribution in [0.1, 0.15) is 0 Å². The fourth-order valence-electron chi connectivity index (χ4n) is 6.23. The van der Waals surface area contributed by atoms with Gasteiger partial charge in [0.2, 0.25) is 5.75 Å². The van der Waals surface area contributed by atoms with Gasteiger partial charge in [0.15, 0.2) is 11.5 Å². The molecule has 0 aliphatic rings. The summed E-state index contributed by atoms with van der Waals surface area (Å²) in [6, 6.07) is 35.9. The largest absolute Gasteiger partial charge is 0.506 e. The minimum atomic E-state index is -0.672. The van der Waals surface area contributed by atoms with E-state index in [0.29, 0.717) is 11.1 Å². The third-order valence-electron chi connectivity index (χ3n) is 8.10. The average Bonchev–Trinajstić information content (AvgIpc) is 3.40. The zero-order chi connectivity index (χ0) is 27.8. The van der Waals surface area contributed by atoms with E-state index in [0.717, 1.165) is 52.5 Å². The SMILES string of the molecule is Oc1c(O)c(-c2ccc3c4ccccc4c4ccccc4c3c2)c(O)c(-c2cccc3c2sc2ccccc23)c1O. The van der Waals surface area contributed by atoms with Crippen molar-refractivity contribution >= 4 is 63.8 Å². The second-order valence-corrected chi connectivity index (χ2v) is 11.3. The molecule has 5 heteroatoms. The highest BCUT2D eigenvalue weighted by Gasteiger charge is 2.27. The Balaban J connectivity index is 1.44. The van der Waals surface area contributed by atoms with Crippen molar-refractivity contribution in [3.05, 3.63) is 109 Å². The van der Waals surface area contributed by atoms with E-state index in [1.165, 1.54) is 0 Å². The minimum Gasteiger partial charge on any atom is -0.506 e. The number of hydrogen-bond acceptors (Lipinski definition) is 5. The molecule has 0 aliphatic heterocycles. The lowest BCUT2D eigenvalue weighted by Crippen LogP contribution is -1.90. The predicted molar refractivity (Wildman–Crippen MR) is 169 cm³/mol. The van der Waals surface area contributed by atoms with Crippen molar-refractivity contribution in [2.24, 2.45) is 0 Å². The van der Waals surface area contributed by atoms with Crippen molar-refractivity contribution in [3.63, 3.8) is 0 Å². The van der Waals surface area contributed by atoms with E-state index in [1.54, 1.807) is 11.3 Å². The Morgan fingerprint density at radius 3 is 1.61 bits per heavy atom. The summed E-state index contributed by atoms with van der Waals surface area (Å²) in [7, 11) is 0. The first kappa shape index (κ1) is 23.6. The van der Waals surface area contributed by atoms with E-state index in [1.807, 2.05) is 84.9 Å². The summed E-state index contributed by atoms with van der Waals surface area (Å²) in [5.41, 5.74) is 1.24. The van der Waals surface area contributed by atoms with Crippen LogP contribution in [0, 0.1) is 0 Å². The number of phenolic OH excluding ortho intramolecular Hbond substituents is 4. The normalized spacial score (nSPS) is 11.8. The van der Waals surface area contributed by atoms with Crippen LogP contribution < -0.4 is 0 Å². The molecule has 0 atom stereocenters. The molecule has 41 heavy (non-hydrogen) atoms. The second kappa shape index (κ2) is 8.62. The monoisotopic (exact) mass is 550 g/mol. The van der Waals surface area contributed by atoms with Gasteiger partial charge in [-0.05, 0) is 50.0 Å². The molecule has 0 spiro atoms. The lowest BCUT2D eigenvalue weighted by molar-refractivity contribution is 0.364. The summed E-state index contributed by atoms with van der Waals surface area (Å²) in [5, 5.41) is 53.3. The third-order valence-corrected chi connectivity index (χ3v) is 9.32. The summed E-state index contributed by atoms with van der Waals surface area (Å²) in [5.74, 6) is -2.11.